The van der Waals surface area contributed by atoms with Crippen molar-refractivity contribution in [1.29, 1.82) is 0 Å². The molecule has 0 aromatic heterocycles. The van der Waals surface area contributed by atoms with Crippen LogP contribution < -0.4 is 0 Å². The van der Waals surface area contributed by atoms with Crippen molar-refractivity contribution in [3.8, 4) is 0 Å². The molecule has 1 N–H and O–H groups in total. The standard InChI is InChI=1S/C12H13ClO/c1-9(14)12(7-2-8-12)10-3-5-11(13)6-4-10/h3-6,14H,1-2,7-8H2. The number of halogens is 1. The van der Waals surface area contributed by atoms with E-state index in [-0.39, 0.29) is 11.2 Å². The number of aliphatic hydroxyl groups is 1. The summed E-state index contributed by atoms with van der Waals surface area (Å²) in [5.41, 5.74) is 0.936. The van der Waals surface area contributed by atoms with Crippen LogP contribution in [-0.2, 0) is 5.41 Å². The van der Waals surface area contributed by atoms with E-state index in [0.29, 0.717) is 0 Å². The van der Waals surface area contributed by atoms with Crippen LogP contribution in [0.4, 0.5) is 0 Å². The highest BCUT2D eigenvalue weighted by Crippen LogP contribution is 2.47. The molecule has 1 nitrogen and oxygen atoms in total. The van der Waals surface area contributed by atoms with Crippen molar-refractivity contribution < 1.29 is 5.11 Å². The molecule has 0 amide bonds. The zero-order valence-corrected chi connectivity index (χ0v) is 8.72. The average molecular weight is 209 g/mol. The topological polar surface area (TPSA) is 20.2 Å². The molecule has 0 spiro atoms. The van der Waals surface area contributed by atoms with Gasteiger partial charge in [-0.3, -0.25) is 0 Å². The van der Waals surface area contributed by atoms with Gasteiger partial charge in [0, 0.05) is 5.02 Å². The maximum absolute atomic E-state index is 9.62. The molecule has 1 aliphatic carbocycles. The quantitative estimate of drug-likeness (QED) is 0.733. The van der Waals surface area contributed by atoms with Crippen LogP contribution in [0.15, 0.2) is 36.6 Å². The van der Waals surface area contributed by atoms with Crippen LogP contribution in [-0.4, -0.2) is 5.11 Å². The van der Waals surface area contributed by atoms with Crippen molar-refractivity contribution in [2.24, 2.45) is 0 Å². The highest BCUT2D eigenvalue weighted by atomic mass is 35.5. The third-order valence-electron chi connectivity index (χ3n) is 3.16. The van der Waals surface area contributed by atoms with Gasteiger partial charge in [0.25, 0.3) is 0 Å². The highest BCUT2D eigenvalue weighted by molar-refractivity contribution is 6.30. The normalized spacial score (nSPS) is 18.6. The molecule has 2 rings (SSSR count). The number of aliphatic hydroxyl groups excluding tert-OH is 1. The molecule has 14 heavy (non-hydrogen) atoms. The number of hydrogen-bond donors (Lipinski definition) is 1. The van der Waals surface area contributed by atoms with Crippen molar-refractivity contribution in [2.75, 3.05) is 0 Å². The third-order valence-corrected chi connectivity index (χ3v) is 3.41. The molecule has 0 radical (unpaired) electrons. The molecule has 0 aliphatic heterocycles. The Balaban J connectivity index is 2.37. The Hall–Kier alpha value is -0.950. The van der Waals surface area contributed by atoms with Crippen LogP contribution in [0.3, 0.4) is 0 Å². The van der Waals surface area contributed by atoms with Crippen LogP contribution >= 0.6 is 11.6 Å². The number of benzene rings is 1. The van der Waals surface area contributed by atoms with Crippen LogP contribution in [0.2, 0.25) is 5.02 Å². The van der Waals surface area contributed by atoms with Crippen LogP contribution in [0, 0.1) is 0 Å². The monoisotopic (exact) mass is 208 g/mol. The molecule has 0 bridgehead atoms. The summed E-state index contributed by atoms with van der Waals surface area (Å²) in [4.78, 5) is 0. The lowest BCUT2D eigenvalue weighted by molar-refractivity contribution is 0.198. The van der Waals surface area contributed by atoms with Crippen LogP contribution in [0.1, 0.15) is 24.8 Å². The lowest BCUT2D eigenvalue weighted by Crippen LogP contribution is -2.35. The first kappa shape index (κ1) is 9.60. The van der Waals surface area contributed by atoms with E-state index in [9.17, 15) is 5.11 Å². The minimum atomic E-state index is -0.190. The van der Waals surface area contributed by atoms with E-state index in [1.807, 2.05) is 24.3 Å². The fourth-order valence-electron chi connectivity index (χ4n) is 2.04. The zero-order chi connectivity index (χ0) is 10.2. The molecular weight excluding hydrogens is 196 g/mol. The van der Waals surface area contributed by atoms with Crippen LogP contribution in [0.25, 0.3) is 0 Å². The fraction of sp³-hybridized carbons (Fsp3) is 0.333. The molecule has 74 valence electrons. The Morgan fingerprint density at radius 3 is 2.21 bits per heavy atom. The molecular formula is C12H13ClO. The van der Waals surface area contributed by atoms with Gasteiger partial charge in [-0.05, 0) is 30.5 Å². The smallest absolute Gasteiger partial charge is 0.0956 e. The molecule has 1 fully saturated rings. The Bertz CT molecular complexity index is 349. The lowest BCUT2D eigenvalue weighted by atomic mass is 9.63. The van der Waals surface area contributed by atoms with Gasteiger partial charge in [0.1, 0.15) is 0 Å². The largest absolute Gasteiger partial charge is 0.512 e. The summed E-state index contributed by atoms with van der Waals surface area (Å²) in [6.45, 7) is 3.67. The van der Waals surface area contributed by atoms with Gasteiger partial charge in [0.15, 0.2) is 0 Å². The van der Waals surface area contributed by atoms with Gasteiger partial charge in [-0.25, -0.2) is 0 Å². The van der Waals surface area contributed by atoms with Crippen molar-refractivity contribution >= 4 is 11.6 Å². The molecule has 1 aliphatic rings. The van der Waals surface area contributed by atoms with E-state index in [1.54, 1.807) is 0 Å². The first-order valence-electron chi connectivity index (χ1n) is 4.79. The summed E-state index contributed by atoms with van der Waals surface area (Å²) in [5, 5.41) is 10.3. The average Bonchev–Trinajstić information content (AvgIpc) is 2.05. The first-order valence-corrected chi connectivity index (χ1v) is 5.17. The van der Waals surface area contributed by atoms with Gasteiger partial charge in [0.05, 0.1) is 11.2 Å². The molecule has 0 saturated heterocycles. The lowest BCUT2D eigenvalue weighted by Gasteiger charge is -2.41. The van der Waals surface area contributed by atoms with Gasteiger partial charge in [-0.1, -0.05) is 36.7 Å². The second kappa shape index (κ2) is 3.32. The molecule has 1 saturated carbocycles. The molecule has 2 heteroatoms. The van der Waals surface area contributed by atoms with Crippen LogP contribution in [0.5, 0.6) is 0 Å². The minimum absolute atomic E-state index is 0.190. The van der Waals surface area contributed by atoms with Gasteiger partial charge in [-0.15, -0.1) is 0 Å². The van der Waals surface area contributed by atoms with E-state index in [0.717, 1.165) is 29.8 Å². The Morgan fingerprint density at radius 2 is 1.86 bits per heavy atom. The number of rotatable bonds is 2. The van der Waals surface area contributed by atoms with Gasteiger partial charge in [0.2, 0.25) is 0 Å². The second-order valence-electron chi connectivity index (χ2n) is 3.89. The molecule has 0 atom stereocenters. The SMILES string of the molecule is C=C(O)C1(c2ccc(Cl)cc2)CCC1. The molecule has 1 aromatic rings. The van der Waals surface area contributed by atoms with Crippen molar-refractivity contribution in [1.82, 2.24) is 0 Å². The van der Waals surface area contributed by atoms with E-state index < -0.39 is 0 Å². The third kappa shape index (κ3) is 1.32. The predicted molar refractivity (Wildman–Crippen MR) is 58.7 cm³/mol. The Morgan fingerprint density at radius 1 is 1.29 bits per heavy atom. The van der Waals surface area contributed by atoms with E-state index in [2.05, 4.69) is 6.58 Å². The summed E-state index contributed by atoms with van der Waals surface area (Å²) >= 11 is 5.82. The minimum Gasteiger partial charge on any atom is -0.512 e. The van der Waals surface area contributed by atoms with E-state index >= 15 is 0 Å². The van der Waals surface area contributed by atoms with Crippen molar-refractivity contribution in [3.05, 3.63) is 47.2 Å². The van der Waals surface area contributed by atoms with Gasteiger partial charge < -0.3 is 5.11 Å². The number of hydrogen-bond acceptors (Lipinski definition) is 1. The van der Waals surface area contributed by atoms with Gasteiger partial charge >= 0.3 is 0 Å². The zero-order valence-electron chi connectivity index (χ0n) is 7.96. The highest BCUT2D eigenvalue weighted by Gasteiger charge is 2.41. The summed E-state index contributed by atoms with van der Waals surface area (Å²) in [6.07, 6.45) is 3.14. The van der Waals surface area contributed by atoms with E-state index in [4.69, 9.17) is 11.6 Å². The predicted octanol–water partition coefficient (Wildman–Crippen LogP) is 3.83. The van der Waals surface area contributed by atoms with Gasteiger partial charge in [-0.2, -0.15) is 0 Å². The second-order valence-corrected chi connectivity index (χ2v) is 4.33. The molecule has 0 heterocycles. The van der Waals surface area contributed by atoms with Crippen molar-refractivity contribution in [3.63, 3.8) is 0 Å². The Kier molecular flexibility index (Phi) is 2.28. The summed E-state index contributed by atoms with van der Waals surface area (Å²) in [5.74, 6) is 0.283. The fourth-order valence-corrected chi connectivity index (χ4v) is 2.17. The summed E-state index contributed by atoms with van der Waals surface area (Å²) in [7, 11) is 0. The maximum atomic E-state index is 9.62. The molecule has 0 unspecified atom stereocenters. The first-order chi connectivity index (χ1) is 6.65. The van der Waals surface area contributed by atoms with E-state index in [1.165, 1.54) is 0 Å². The Labute approximate surface area is 89.0 Å². The maximum Gasteiger partial charge on any atom is 0.0956 e. The summed E-state index contributed by atoms with van der Waals surface area (Å²) < 4.78 is 0. The number of allylic oxidation sites excluding steroid dienone is 1. The van der Waals surface area contributed by atoms with Crippen molar-refractivity contribution in [2.45, 2.75) is 24.7 Å². The summed E-state index contributed by atoms with van der Waals surface area (Å²) in [6, 6.07) is 7.67. The molecule has 1 aromatic carbocycles.